The summed E-state index contributed by atoms with van der Waals surface area (Å²) in [7, 11) is 0. The van der Waals surface area contributed by atoms with Gasteiger partial charge in [0.25, 0.3) is 0 Å². The lowest BCUT2D eigenvalue weighted by molar-refractivity contribution is -0.149. The Labute approximate surface area is 115 Å². The van der Waals surface area contributed by atoms with Crippen LogP contribution in [0.4, 0.5) is 0 Å². The fourth-order valence-corrected chi connectivity index (χ4v) is 2.43. The summed E-state index contributed by atoms with van der Waals surface area (Å²) in [4.78, 5) is 26.2. The van der Waals surface area contributed by atoms with E-state index in [1.807, 2.05) is 6.92 Å². The molecule has 4 nitrogen and oxygen atoms in total. The van der Waals surface area contributed by atoms with E-state index in [4.69, 9.17) is 0 Å². The molecule has 0 aromatic rings. The monoisotopic (exact) mass is 264 g/mol. The summed E-state index contributed by atoms with van der Waals surface area (Å²) in [6.07, 6.45) is 1.96. The molecule has 1 rings (SSSR count). The zero-order valence-electron chi connectivity index (χ0n) is 12.3. The van der Waals surface area contributed by atoms with E-state index in [0.717, 1.165) is 0 Å². The molecule has 0 aromatic heterocycles. The standard InChI is InChI=1S/C15H24N2O2/c1-5-7-8-9-17-13(6-2)14(18)16-12(15(17)19)10-11(3)4/h11-13H,6,8-10H2,1-4H3,(H,16,18). The molecule has 1 fully saturated rings. The van der Waals surface area contributed by atoms with E-state index in [2.05, 4.69) is 31.0 Å². The van der Waals surface area contributed by atoms with Crippen molar-refractivity contribution in [1.29, 1.82) is 0 Å². The number of amides is 2. The van der Waals surface area contributed by atoms with Crippen LogP contribution in [0.3, 0.4) is 0 Å². The third kappa shape index (κ3) is 3.99. The van der Waals surface area contributed by atoms with Gasteiger partial charge in [-0.25, -0.2) is 0 Å². The van der Waals surface area contributed by atoms with Crippen molar-refractivity contribution < 1.29 is 9.59 Å². The van der Waals surface area contributed by atoms with Crippen molar-refractivity contribution in [2.24, 2.45) is 5.92 Å². The van der Waals surface area contributed by atoms with E-state index >= 15 is 0 Å². The summed E-state index contributed by atoms with van der Waals surface area (Å²) in [5, 5.41) is 2.85. The molecule has 19 heavy (non-hydrogen) atoms. The number of nitrogens with one attached hydrogen (secondary N) is 1. The smallest absolute Gasteiger partial charge is 0.245 e. The largest absolute Gasteiger partial charge is 0.342 e. The van der Waals surface area contributed by atoms with Gasteiger partial charge in [0.05, 0.1) is 0 Å². The van der Waals surface area contributed by atoms with E-state index in [0.29, 0.717) is 31.7 Å². The SMILES string of the molecule is CC#CCCN1C(=O)C(CC(C)C)NC(=O)C1CC. The molecule has 0 aliphatic carbocycles. The molecule has 1 heterocycles. The minimum Gasteiger partial charge on any atom is -0.342 e. The molecule has 0 bridgehead atoms. The van der Waals surface area contributed by atoms with Crippen LogP contribution in [0.15, 0.2) is 0 Å². The summed E-state index contributed by atoms with van der Waals surface area (Å²) < 4.78 is 0. The maximum atomic E-state index is 12.4. The third-order valence-electron chi connectivity index (χ3n) is 3.32. The number of hydrogen-bond acceptors (Lipinski definition) is 2. The molecule has 0 aromatic carbocycles. The molecule has 1 aliphatic rings. The zero-order valence-corrected chi connectivity index (χ0v) is 12.3. The highest BCUT2D eigenvalue weighted by atomic mass is 16.2. The van der Waals surface area contributed by atoms with Crippen molar-refractivity contribution in [2.45, 2.75) is 59.0 Å². The highest BCUT2D eigenvalue weighted by Crippen LogP contribution is 2.17. The average molecular weight is 264 g/mol. The minimum absolute atomic E-state index is 0.0304. The Bertz CT molecular complexity index is 393. The number of carbonyl (C=O) groups is 2. The minimum atomic E-state index is -0.370. The molecule has 1 N–H and O–H groups in total. The lowest BCUT2D eigenvalue weighted by Crippen LogP contribution is -2.63. The first kappa shape index (κ1) is 15.6. The number of nitrogens with zero attached hydrogens (tertiary/aromatic N) is 1. The first-order valence-corrected chi connectivity index (χ1v) is 7.01. The molecule has 2 unspecified atom stereocenters. The predicted molar refractivity (Wildman–Crippen MR) is 75.2 cm³/mol. The topological polar surface area (TPSA) is 49.4 Å². The first-order chi connectivity index (χ1) is 9.01. The Morgan fingerprint density at radius 2 is 2.05 bits per heavy atom. The molecule has 4 heteroatoms. The second-order valence-corrected chi connectivity index (χ2v) is 5.32. The summed E-state index contributed by atoms with van der Waals surface area (Å²) in [6.45, 7) is 8.36. The van der Waals surface area contributed by atoms with Crippen LogP contribution in [-0.4, -0.2) is 35.3 Å². The van der Waals surface area contributed by atoms with E-state index in [1.165, 1.54) is 0 Å². The predicted octanol–water partition coefficient (Wildman–Crippen LogP) is 1.55. The number of hydrogen-bond donors (Lipinski definition) is 1. The van der Waals surface area contributed by atoms with E-state index in [1.54, 1.807) is 11.8 Å². The van der Waals surface area contributed by atoms with Crippen LogP contribution < -0.4 is 5.32 Å². The molecular formula is C15H24N2O2. The van der Waals surface area contributed by atoms with Gasteiger partial charge in [-0.1, -0.05) is 20.8 Å². The van der Waals surface area contributed by atoms with Gasteiger partial charge in [0.2, 0.25) is 11.8 Å². The number of rotatable bonds is 5. The van der Waals surface area contributed by atoms with Gasteiger partial charge >= 0.3 is 0 Å². The second kappa shape index (κ2) is 7.18. The maximum Gasteiger partial charge on any atom is 0.245 e. The van der Waals surface area contributed by atoms with Crippen molar-refractivity contribution in [1.82, 2.24) is 10.2 Å². The van der Waals surface area contributed by atoms with Gasteiger partial charge in [-0.2, -0.15) is 0 Å². The lowest BCUT2D eigenvalue weighted by atomic mass is 9.97. The molecule has 1 saturated heterocycles. The summed E-state index contributed by atoms with van der Waals surface area (Å²) >= 11 is 0. The van der Waals surface area contributed by atoms with Crippen LogP contribution in [0, 0.1) is 17.8 Å². The first-order valence-electron chi connectivity index (χ1n) is 7.01. The van der Waals surface area contributed by atoms with Crippen LogP contribution in [-0.2, 0) is 9.59 Å². The van der Waals surface area contributed by atoms with Crippen LogP contribution in [0.2, 0.25) is 0 Å². The molecule has 1 aliphatic heterocycles. The van der Waals surface area contributed by atoms with E-state index in [9.17, 15) is 9.59 Å². The molecule has 0 saturated carbocycles. The van der Waals surface area contributed by atoms with Gasteiger partial charge in [0, 0.05) is 13.0 Å². The van der Waals surface area contributed by atoms with Crippen molar-refractivity contribution in [3.05, 3.63) is 0 Å². The fraction of sp³-hybridized carbons (Fsp3) is 0.733. The fourth-order valence-electron chi connectivity index (χ4n) is 2.43. The molecule has 2 amide bonds. The third-order valence-corrected chi connectivity index (χ3v) is 3.32. The van der Waals surface area contributed by atoms with Crippen LogP contribution in [0.5, 0.6) is 0 Å². The molecule has 0 radical (unpaired) electrons. The van der Waals surface area contributed by atoms with E-state index < -0.39 is 0 Å². The maximum absolute atomic E-state index is 12.4. The Morgan fingerprint density at radius 1 is 1.37 bits per heavy atom. The quantitative estimate of drug-likeness (QED) is 0.766. The molecule has 106 valence electrons. The van der Waals surface area contributed by atoms with Gasteiger partial charge in [-0.15, -0.1) is 11.8 Å². The Kier molecular flexibility index (Phi) is 5.88. The Hall–Kier alpha value is -1.50. The van der Waals surface area contributed by atoms with Crippen LogP contribution >= 0.6 is 0 Å². The Morgan fingerprint density at radius 3 is 2.58 bits per heavy atom. The normalized spacial score (nSPS) is 23.1. The average Bonchev–Trinajstić information content (AvgIpc) is 2.34. The van der Waals surface area contributed by atoms with E-state index in [-0.39, 0.29) is 23.9 Å². The summed E-state index contributed by atoms with van der Waals surface area (Å²) in [6, 6.07) is -0.709. The van der Waals surface area contributed by atoms with Crippen molar-refractivity contribution in [3.8, 4) is 11.8 Å². The highest BCUT2D eigenvalue weighted by molar-refractivity contribution is 5.96. The number of carbonyl (C=O) groups excluding carboxylic acids is 2. The zero-order chi connectivity index (χ0) is 14.4. The van der Waals surface area contributed by atoms with Crippen molar-refractivity contribution in [3.63, 3.8) is 0 Å². The van der Waals surface area contributed by atoms with Gasteiger partial charge in [-0.3, -0.25) is 9.59 Å². The number of piperazine rings is 1. The molecule has 2 atom stereocenters. The summed E-state index contributed by atoms with van der Waals surface area (Å²) in [5.74, 6) is 6.17. The van der Waals surface area contributed by atoms with Crippen LogP contribution in [0.25, 0.3) is 0 Å². The lowest BCUT2D eigenvalue weighted by Gasteiger charge is -2.39. The van der Waals surface area contributed by atoms with Crippen molar-refractivity contribution >= 4 is 11.8 Å². The van der Waals surface area contributed by atoms with Crippen LogP contribution in [0.1, 0.15) is 47.0 Å². The molecular weight excluding hydrogens is 240 g/mol. The molecule has 0 spiro atoms. The highest BCUT2D eigenvalue weighted by Gasteiger charge is 2.39. The Balaban J connectivity index is 2.81. The van der Waals surface area contributed by atoms with Gasteiger partial charge in [-0.05, 0) is 25.7 Å². The van der Waals surface area contributed by atoms with Gasteiger partial charge < -0.3 is 10.2 Å². The van der Waals surface area contributed by atoms with Gasteiger partial charge in [0.1, 0.15) is 12.1 Å². The van der Waals surface area contributed by atoms with Gasteiger partial charge in [0.15, 0.2) is 0 Å². The second-order valence-electron chi connectivity index (χ2n) is 5.32. The van der Waals surface area contributed by atoms with Crippen molar-refractivity contribution in [2.75, 3.05) is 6.54 Å². The summed E-state index contributed by atoms with van der Waals surface area (Å²) in [5.41, 5.74) is 0.